The van der Waals surface area contributed by atoms with Crippen LogP contribution in [-0.4, -0.2) is 27.7 Å². The Morgan fingerprint density at radius 3 is 2.54 bits per heavy atom. The maximum Gasteiger partial charge on any atom is 0.286 e. The highest BCUT2D eigenvalue weighted by molar-refractivity contribution is 7.90. The SMILES string of the molecule is Cc1cc(S(=O)(=O)n2nnc3cc([N+](=O)[O-])ccc32)c(Cl)cc1Cl. The van der Waals surface area contributed by atoms with Crippen molar-refractivity contribution in [3.05, 3.63) is 56.1 Å². The minimum atomic E-state index is -4.14. The van der Waals surface area contributed by atoms with Crippen molar-refractivity contribution < 1.29 is 13.3 Å². The van der Waals surface area contributed by atoms with E-state index in [0.717, 1.165) is 6.07 Å². The fourth-order valence-electron chi connectivity index (χ4n) is 2.10. The summed E-state index contributed by atoms with van der Waals surface area (Å²) in [5.74, 6) is 0. The zero-order valence-electron chi connectivity index (χ0n) is 12.0. The topological polar surface area (TPSA) is 108 Å². The zero-order chi connectivity index (χ0) is 17.6. The highest BCUT2D eigenvalue weighted by Crippen LogP contribution is 2.30. The summed E-state index contributed by atoms with van der Waals surface area (Å²) < 4.78 is 26.3. The average molecular weight is 387 g/mol. The van der Waals surface area contributed by atoms with E-state index in [1.54, 1.807) is 6.92 Å². The maximum absolute atomic E-state index is 12.8. The molecule has 0 atom stereocenters. The van der Waals surface area contributed by atoms with Crippen LogP contribution in [0.4, 0.5) is 5.69 Å². The Bertz CT molecular complexity index is 1090. The second-order valence-electron chi connectivity index (χ2n) is 4.90. The number of halogens is 2. The number of nitro benzene ring substituents is 1. The molecule has 0 unspecified atom stereocenters. The molecular weight excluding hydrogens is 379 g/mol. The van der Waals surface area contributed by atoms with Crippen molar-refractivity contribution in [2.45, 2.75) is 11.8 Å². The van der Waals surface area contributed by atoms with Crippen LogP contribution in [-0.2, 0) is 10.0 Å². The van der Waals surface area contributed by atoms with Gasteiger partial charge in [0.25, 0.3) is 15.7 Å². The van der Waals surface area contributed by atoms with E-state index < -0.39 is 14.9 Å². The Kier molecular flexibility index (Phi) is 3.94. The first-order valence-electron chi connectivity index (χ1n) is 6.43. The first-order valence-corrected chi connectivity index (χ1v) is 8.62. The molecule has 24 heavy (non-hydrogen) atoms. The summed E-state index contributed by atoms with van der Waals surface area (Å²) in [7, 11) is -4.14. The lowest BCUT2D eigenvalue weighted by molar-refractivity contribution is -0.384. The van der Waals surface area contributed by atoms with E-state index in [0.29, 0.717) is 14.7 Å². The lowest BCUT2D eigenvalue weighted by Crippen LogP contribution is -2.15. The molecule has 0 saturated carbocycles. The van der Waals surface area contributed by atoms with Gasteiger partial charge in [-0.2, -0.15) is 8.42 Å². The summed E-state index contributed by atoms with van der Waals surface area (Å²) >= 11 is 11.9. The van der Waals surface area contributed by atoms with E-state index in [2.05, 4.69) is 10.3 Å². The Morgan fingerprint density at radius 2 is 1.88 bits per heavy atom. The summed E-state index contributed by atoms with van der Waals surface area (Å²) in [5, 5.41) is 18.3. The molecule has 8 nitrogen and oxygen atoms in total. The molecule has 0 amide bonds. The van der Waals surface area contributed by atoms with Crippen molar-refractivity contribution in [3.63, 3.8) is 0 Å². The predicted molar refractivity (Wildman–Crippen MR) is 88.0 cm³/mol. The van der Waals surface area contributed by atoms with Gasteiger partial charge in [-0.05, 0) is 30.7 Å². The van der Waals surface area contributed by atoms with Gasteiger partial charge < -0.3 is 0 Å². The number of aryl methyl sites for hydroxylation is 1. The molecule has 3 aromatic rings. The third-order valence-corrected chi connectivity index (χ3v) is 5.78. The predicted octanol–water partition coefficient (Wildman–Crippen LogP) is 3.19. The van der Waals surface area contributed by atoms with Gasteiger partial charge in [-0.1, -0.05) is 28.4 Å². The van der Waals surface area contributed by atoms with Crippen LogP contribution < -0.4 is 0 Å². The quantitative estimate of drug-likeness (QED) is 0.505. The van der Waals surface area contributed by atoms with E-state index in [-0.39, 0.29) is 26.6 Å². The summed E-state index contributed by atoms with van der Waals surface area (Å²) in [6, 6.07) is 6.24. The summed E-state index contributed by atoms with van der Waals surface area (Å²) in [6.07, 6.45) is 0. The number of aromatic nitrogens is 3. The molecule has 0 aliphatic rings. The molecule has 1 aromatic heterocycles. The Hall–Kier alpha value is -2.23. The smallest absolute Gasteiger partial charge is 0.258 e. The van der Waals surface area contributed by atoms with Crippen LogP contribution in [0.25, 0.3) is 11.0 Å². The number of hydrogen-bond donors (Lipinski definition) is 0. The van der Waals surface area contributed by atoms with Crippen molar-refractivity contribution in [1.82, 2.24) is 14.4 Å². The molecule has 0 aliphatic carbocycles. The molecule has 0 N–H and O–H groups in total. The lowest BCUT2D eigenvalue weighted by Gasteiger charge is -2.09. The van der Waals surface area contributed by atoms with E-state index in [4.69, 9.17) is 23.2 Å². The third-order valence-electron chi connectivity index (χ3n) is 3.33. The van der Waals surface area contributed by atoms with Crippen molar-refractivity contribution >= 4 is 49.9 Å². The zero-order valence-corrected chi connectivity index (χ0v) is 14.3. The number of non-ortho nitro benzene ring substituents is 1. The lowest BCUT2D eigenvalue weighted by atomic mass is 10.2. The second-order valence-corrected chi connectivity index (χ2v) is 7.45. The van der Waals surface area contributed by atoms with Crippen molar-refractivity contribution in [3.8, 4) is 0 Å². The number of fused-ring (bicyclic) bond motifs is 1. The van der Waals surface area contributed by atoms with Crippen LogP contribution in [0, 0.1) is 17.0 Å². The summed E-state index contributed by atoms with van der Waals surface area (Å²) in [5.41, 5.74) is 0.492. The minimum absolute atomic E-state index is 0.0591. The molecule has 1 heterocycles. The monoisotopic (exact) mass is 386 g/mol. The van der Waals surface area contributed by atoms with Crippen molar-refractivity contribution in [2.75, 3.05) is 0 Å². The number of nitrogens with zero attached hydrogens (tertiary/aromatic N) is 4. The largest absolute Gasteiger partial charge is 0.286 e. The Morgan fingerprint density at radius 1 is 1.17 bits per heavy atom. The van der Waals surface area contributed by atoms with Crippen LogP contribution in [0.5, 0.6) is 0 Å². The van der Waals surface area contributed by atoms with Gasteiger partial charge >= 0.3 is 0 Å². The number of hydrogen-bond acceptors (Lipinski definition) is 6. The second kappa shape index (κ2) is 5.69. The minimum Gasteiger partial charge on any atom is -0.258 e. The van der Waals surface area contributed by atoms with Crippen molar-refractivity contribution in [1.29, 1.82) is 0 Å². The standard InChI is InChI=1S/C13H8Cl2N4O4S/c1-7-4-13(10(15)6-9(7)14)24(22,23)18-12-3-2-8(19(20)21)5-11(12)16-17-18/h2-6H,1H3. The van der Waals surface area contributed by atoms with Crippen LogP contribution in [0.15, 0.2) is 35.2 Å². The first-order chi connectivity index (χ1) is 11.2. The molecule has 2 aromatic carbocycles. The molecule has 0 aliphatic heterocycles. The Balaban J connectivity index is 2.23. The molecule has 3 rings (SSSR count). The molecule has 0 bridgehead atoms. The van der Waals surface area contributed by atoms with Crippen molar-refractivity contribution in [2.24, 2.45) is 0 Å². The molecule has 11 heteroatoms. The van der Waals surface area contributed by atoms with E-state index >= 15 is 0 Å². The van der Waals surface area contributed by atoms with Crippen LogP contribution in [0.1, 0.15) is 5.56 Å². The normalized spacial score (nSPS) is 11.8. The molecule has 0 fully saturated rings. The molecule has 0 saturated heterocycles. The van der Waals surface area contributed by atoms with Gasteiger partial charge in [-0.15, -0.1) is 9.19 Å². The van der Waals surface area contributed by atoms with Crippen LogP contribution in [0.2, 0.25) is 10.0 Å². The molecule has 0 radical (unpaired) electrons. The fourth-order valence-corrected chi connectivity index (χ4v) is 4.14. The van der Waals surface area contributed by atoms with E-state index in [9.17, 15) is 18.5 Å². The summed E-state index contributed by atoms with van der Waals surface area (Å²) in [4.78, 5) is 10.00. The number of benzene rings is 2. The van der Waals surface area contributed by atoms with Gasteiger partial charge in [0, 0.05) is 17.2 Å². The highest BCUT2D eigenvalue weighted by Gasteiger charge is 2.25. The van der Waals surface area contributed by atoms with Gasteiger partial charge in [0.05, 0.1) is 9.95 Å². The van der Waals surface area contributed by atoms with Crippen LogP contribution >= 0.6 is 23.2 Å². The Labute approximate surface area is 145 Å². The molecule has 124 valence electrons. The summed E-state index contributed by atoms with van der Waals surface area (Å²) in [6.45, 7) is 1.64. The average Bonchev–Trinajstić information content (AvgIpc) is 2.94. The maximum atomic E-state index is 12.8. The molecular formula is C13H8Cl2N4O4S. The van der Waals surface area contributed by atoms with Gasteiger partial charge in [-0.3, -0.25) is 10.1 Å². The fraction of sp³-hybridized carbons (Fsp3) is 0.0769. The number of nitro groups is 1. The van der Waals surface area contributed by atoms with E-state index in [1.165, 1.54) is 24.3 Å². The number of rotatable bonds is 3. The van der Waals surface area contributed by atoms with Gasteiger partial charge in [0.15, 0.2) is 0 Å². The van der Waals surface area contributed by atoms with Gasteiger partial charge in [-0.25, -0.2) is 0 Å². The first kappa shape index (κ1) is 16.6. The third kappa shape index (κ3) is 2.60. The van der Waals surface area contributed by atoms with Gasteiger partial charge in [0.2, 0.25) is 0 Å². The van der Waals surface area contributed by atoms with Crippen LogP contribution in [0.3, 0.4) is 0 Å². The van der Waals surface area contributed by atoms with E-state index in [1.807, 2.05) is 0 Å². The van der Waals surface area contributed by atoms with Gasteiger partial charge in [0.1, 0.15) is 15.9 Å². The molecule has 0 spiro atoms. The highest BCUT2D eigenvalue weighted by atomic mass is 35.5.